The van der Waals surface area contributed by atoms with Gasteiger partial charge >= 0.3 is 79.9 Å². The number of rotatable bonds is 3. The van der Waals surface area contributed by atoms with Crippen LogP contribution in [-0.4, -0.2) is 39.3 Å². The summed E-state index contributed by atoms with van der Waals surface area (Å²) in [4.78, 5) is 0. The third-order valence-electron chi connectivity index (χ3n) is 0.200. The fraction of sp³-hybridized carbons (Fsp3) is 0. The molecule has 0 fully saturated rings. The Kier molecular flexibility index (Phi) is 19.6. The van der Waals surface area contributed by atoms with Gasteiger partial charge in [-0.3, -0.25) is 13.3 Å². The van der Waals surface area contributed by atoms with Gasteiger partial charge in [-0.1, -0.05) is 8.67 Å². The SMILES string of the molecule is O=S(=O)(O)OOS(=O)(=O)O.O=S([O-])[O-].[Na+].[Na+]. The number of hydrogen-bond acceptors (Lipinski definition) is 9. The summed E-state index contributed by atoms with van der Waals surface area (Å²) in [6.45, 7) is 0. The summed E-state index contributed by atoms with van der Waals surface area (Å²) in [6.07, 6.45) is 0. The Labute approximate surface area is 137 Å². The van der Waals surface area contributed by atoms with E-state index in [9.17, 15) is 16.8 Å². The molecule has 0 unspecified atom stereocenters. The van der Waals surface area contributed by atoms with Crippen LogP contribution >= 0.6 is 0 Å². The van der Waals surface area contributed by atoms with Crippen LogP contribution in [0.2, 0.25) is 0 Å². The summed E-state index contributed by atoms with van der Waals surface area (Å²) < 4.78 is 84.2. The Bertz CT molecular complexity index is 326. The summed E-state index contributed by atoms with van der Waals surface area (Å²) in [5.74, 6) is 0. The third kappa shape index (κ3) is 44.7. The van der Waals surface area contributed by atoms with E-state index >= 15 is 0 Å². The quantitative estimate of drug-likeness (QED) is 0.165. The van der Waals surface area contributed by atoms with E-state index in [0.717, 1.165) is 0 Å². The maximum atomic E-state index is 9.51. The fourth-order valence-corrected chi connectivity index (χ4v) is 0.632. The maximum Gasteiger partial charge on any atom is 1.00 e. The van der Waals surface area contributed by atoms with Crippen LogP contribution in [0.3, 0.4) is 0 Å². The summed E-state index contributed by atoms with van der Waals surface area (Å²) in [6, 6.07) is 0. The molecule has 0 bridgehead atoms. The zero-order valence-electron chi connectivity index (χ0n) is 7.79. The molecule has 11 nitrogen and oxygen atoms in total. The normalized spacial score (nSPS) is 10.6. The zero-order valence-corrected chi connectivity index (χ0v) is 14.2. The van der Waals surface area contributed by atoms with Crippen molar-refractivity contribution in [2.24, 2.45) is 0 Å². The minimum Gasteiger partial charge on any atom is -0.784 e. The predicted octanol–water partition coefficient (Wildman–Crippen LogP) is -8.46. The summed E-state index contributed by atoms with van der Waals surface area (Å²) >= 11 is -3.11. The molecule has 0 amide bonds. The van der Waals surface area contributed by atoms with Crippen molar-refractivity contribution in [2.75, 3.05) is 0 Å². The van der Waals surface area contributed by atoms with Crippen molar-refractivity contribution in [3.05, 3.63) is 0 Å². The van der Waals surface area contributed by atoms with E-state index in [1.807, 2.05) is 0 Å². The van der Waals surface area contributed by atoms with E-state index < -0.39 is 32.2 Å². The van der Waals surface area contributed by atoms with Crippen LogP contribution in [0.4, 0.5) is 0 Å². The monoisotopic (exact) mass is 320 g/mol. The fourth-order valence-electron chi connectivity index (χ4n) is 0.0702. The average molecular weight is 320 g/mol. The van der Waals surface area contributed by atoms with Gasteiger partial charge in [0, 0.05) is 0 Å². The molecule has 0 rings (SSSR count). The molecule has 16 heavy (non-hydrogen) atoms. The molecule has 0 aromatic carbocycles. The van der Waals surface area contributed by atoms with E-state index in [0.29, 0.717) is 0 Å². The first-order valence-corrected chi connectivity index (χ1v) is 5.76. The van der Waals surface area contributed by atoms with Gasteiger partial charge in [-0.25, -0.2) is 0 Å². The molecule has 0 heterocycles. The van der Waals surface area contributed by atoms with Crippen LogP contribution in [0.15, 0.2) is 0 Å². The Hall–Kier alpha value is 1.81. The van der Waals surface area contributed by atoms with Gasteiger partial charge in [-0.2, -0.15) is 16.8 Å². The van der Waals surface area contributed by atoms with E-state index in [-0.39, 0.29) is 59.1 Å². The maximum absolute atomic E-state index is 9.51. The molecule has 0 radical (unpaired) electrons. The van der Waals surface area contributed by atoms with E-state index in [1.54, 1.807) is 0 Å². The molecule has 16 heteroatoms. The van der Waals surface area contributed by atoms with Crippen molar-refractivity contribution in [3.63, 3.8) is 0 Å². The molecular formula is H2Na2O11S3. The van der Waals surface area contributed by atoms with Gasteiger partial charge in [0.25, 0.3) is 0 Å². The Morgan fingerprint density at radius 1 is 0.875 bits per heavy atom. The van der Waals surface area contributed by atoms with Crippen LogP contribution in [0, 0.1) is 0 Å². The Morgan fingerprint density at radius 2 is 1.00 bits per heavy atom. The summed E-state index contributed by atoms with van der Waals surface area (Å²) in [5.41, 5.74) is 0. The second kappa shape index (κ2) is 11.9. The van der Waals surface area contributed by atoms with Crippen LogP contribution < -0.4 is 59.1 Å². The molecule has 0 saturated carbocycles. The van der Waals surface area contributed by atoms with Crippen molar-refractivity contribution in [1.82, 2.24) is 0 Å². The molecular weight excluding hydrogens is 318 g/mol. The van der Waals surface area contributed by atoms with Crippen molar-refractivity contribution >= 4 is 32.2 Å². The largest absolute Gasteiger partial charge is 1.00 e. The van der Waals surface area contributed by atoms with Gasteiger partial charge < -0.3 is 9.11 Å². The van der Waals surface area contributed by atoms with Crippen molar-refractivity contribution < 1.29 is 107 Å². The second-order valence-electron chi connectivity index (χ2n) is 1.20. The Morgan fingerprint density at radius 3 is 1.06 bits per heavy atom. The van der Waals surface area contributed by atoms with Crippen molar-refractivity contribution in [3.8, 4) is 0 Å². The van der Waals surface area contributed by atoms with E-state index in [1.165, 1.54) is 0 Å². The third-order valence-corrected chi connectivity index (χ3v) is 0.766. The van der Waals surface area contributed by atoms with Gasteiger partial charge in [0.15, 0.2) is 0 Å². The molecule has 0 spiro atoms. The molecule has 2 N–H and O–H groups in total. The first kappa shape index (κ1) is 26.4. The smallest absolute Gasteiger partial charge is 0.784 e. The second-order valence-corrected chi connectivity index (χ2v) is 3.59. The summed E-state index contributed by atoms with van der Waals surface area (Å²) in [7, 11) is -10.0. The topological polar surface area (TPSA) is 190 Å². The summed E-state index contributed by atoms with van der Waals surface area (Å²) in [5, 5.41) is 0. The van der Waals surface area contributed by atoms with Gasteiger partial charge in [0.05, 0.1) is 0 Å². The van der Waals surface area contributed by atoms with E-state index in [2.05, 4.69) is 8.67 Å². The van der Waals surface area contributed by atoms with Crippen LogP contribution in [-0.2, 0) is 40.8 Å². The van der Waals surface area contributed by atoms with Crippen molar-refractivity contribution in [2.45, 2.75) is 0 Å². The first-order valence-electron chi connectivity index (χ1n) is 2.03. The molecule has 0 aliphatic heterocycles. The number of hydrogen-bond donors (Lipinski definition) is 2. The molecule has 0 aliphatic rings. The zero-order chi connectivity index (χ0) is 12.0. The molecule has 0 aromatic heterocycles. The Balaban J connectivity index is -0.000000105. The minimum atomic E-state index is -5.02. The molecule has 88 valence electrons. The molecule has 0 aliphatic carbocycles. The van der Waals surface area contributed by atoms with Gasteiger partial charge in [0.2, 0.25) is 0 Å². The average Bonchev–Trinajstić information content (AvgIpc) is 1.79. The van der Waals surface area contributed by atoms with Crippen LogP contribution in [0.1, 0.15) is 0 Å². The van der Waals surface area contributed by atoms with Crippen LogP contribution in [0.5, 0.6) is 0 Å². The predicted molar refractivity (Wildman–Crippen MR) is 35.0 cm³/mol. The van der Waals surface area contributed by atoms with Crippen molar-refractivity contribution in [1.29, 1.82) is 0 Å². The van der Waals surface area contributed by atoms with Gasteiger partial charge in [-0.05, 0) is 0 Å². The molecule has 0 saturated heterocycles. The molecule has 0 aromatic rings. The van der Waals surface area contributed by atoms with Gasteiger partial charge in [0.1, 0.15) is 0 Å². The van der Waals surface area contributed by atoms with Crippen LogP contribution in [0.25, 0.3) is 0 Å². The minimum absolute atomic E-state index is 0. The first-order chi connectivity index (χ1) is 5.94. The van der Waals surface area contributed by atoms with E-state index in [4.69, 9.17) is 22.4 Å². The molecule has 0 atom stereocenters. The van der Waals surface area contributed by atoms with Gasteiger partial charge in [-0.15, -0.1) is 11.4 Å². The standard InChI is InChI=1S/2Na.H2O8S2.H2O3S/c;;1-9(2,3)7-8-10(4,5)6;1-4(2)3/h;;(H,1,2,3)(H,4,5,6);(H2,1,2,3)/q2*+1;;/p-2.